The maximum atomic E-state index is 13.5. The molecule has 0 aromatic heterocycles. The van der Waals surface area contributed by atoms with Crippen LogP contribution in [0.1, 0.15) is 35.1 Å². The number of nitrogens with one attached hydrogen (secondary N) is 1. The summed E-state index contributed by atoms with van der Waals surface area (Å²) in [5.41, 5.74) is 0.552. The van der Waals surface area contributed by atoms with Crippen molar-refractivity contribution < 1.29 is 18.1 Å². The monoisotopic (exact) mass is 360 g/mol. The van der Waals surface area contributed by atoms with Gasteiger partial charge in [0.1, 0.15) is 0 Å². The van der Waals surface area contributed by atoms with E-state index in [2.05, 4.69) is 5.32 Å². The molecule has 2 aliphatic rings. The molecule has 0 spiro atoms. The normalized spacial score (nSPS) is 23.9. The van der Waals surface area contributed by atoms with Gasteiger partial charge in [-0.05, 0) is 29.5 Å². The lowest BCUT2D eigenvalue weighted by molar-refractivity contribution is -0.384. The largest absolute Gasteiger partial charge is 0.418 e. The number of alkyl halides is 3. The Balaban J connectivity index is 1.83. The molecule has 0 saturated heterocycles. The quantitative estimate of drug-likeness (QED) is 0.441. The van der Waals surface area contributed by atoms with Crippen LogP contribution in [0.4, 0.5) is 24.5 Å². The number of non-ortho nitro benzene ring substituents is 1. The van der Waals surface area contributed by atoms with Crippen molar-refractivity contribution in [2.24, 2.45) is 5.92 Å². The van der Waals surface area contributed by atoms with Crippen molar-refractivity contribution in [3.05, 3.63) is 81.4 Å². The van der Waals surface area contributed by atoms with Crippen LogP contribution in [0.5, 0.6) is 0 Å². The summed E-state index contributed by atoms with van der Waals surface area (Å²) in [6.45, 7) is 0. The van der Waals surface area contributed by atoms with Gasteiger partial charge in [-0.2, -0.15) is 13.2 Å². The van der Waals surface area contributed by atoms with Gasteiger partial charge in [0.2, 0.25) is 0 Å². The van der Waals surface area contributed by atoms with Crippen molar-refractivity contribution >= 4 is 11.4 Å². The van der Waals surface area contributed by atoms with Gasteiger partial charge >= 0.3 is 6.18 Å². The summed E-state index contributed by atoms with van der Waals surface area (Å²) in [4.78, 5) is 10.6. The smallest absolute Gasteiger partial charge is 0.377 e. The van der Waals surface area contributed by atoms with E-state index in [4.69, 9.17) is 0 Å². The molecule has 0 fully saturated rings. The first-order chi connectivity index (χ1) is 12.4. The maximum absolute atomic E-state index is 13.5. The van der Waals surface area contributed by atoms with E-state index in [0.29, 0.717) is 17.5 Å². The van der Waals surface area contributed by atoms with Gasteiger partial charge in [0, 0.05) is 18.1 Å². The molecule has 134 valence electrons. The zero-order valence-corrected chi connectivity index (χ0v) is 13.5. The topological polar surface area (TPSA) is 55.2 Å². The molecule has 0 saturated carbocycles. The third-order valence-electron chi connectivity index (χ3n) is 5.14. The first-order valence-electron chi connectivity index (χ1n) is 8.24. The lowest BCUT2D eigenvalue weighted by atomic mass is 9.76. The second-order valence-electron chi connectivity index (χ2n) is 6.60. The van der Waals surface area contributed by atoms with E-state index < -0.39 is 22.7 Å². The van der Waals surface area contributed by atoms with Crippen LogP contribution in [0.3, 0.4) is 0 Å². The Labute approximate surface area is 147 Å². The number of halogens is 3. The van der Waals surface area contributed by atoms with E-state index in [1.54, 1.807) is 18.2 Å². The summed E-state index contributed by atoms with van der Waals surface area (Å²) in [5.74, 6) is -0.120. The van der Waals surface area contributed by atoms with Gasteiger partial charge in [-0.25, -0.2) is 0 Å². The Morgan fingerprint density at radius 1 is 1.15 bits per heavy atom. The van der Waals surface area contributed by atoms with E-state index in [-0.39, 0.29) is 23.2 Å². The van der Waals surface area contributed by atoms with Crippen molar-refractivity contribution in [2.45, 2.75) is 24.6 Å². The van der Waals surface area contributed by atoms with Gasteiger partial charge in [-0.15, -0.1) is 0 Å². The van der Waals surface area contributed by atoms with Crippen LogP contribution in [-0.4, -0.2) is 4.92 Å². The van der Waals surface area contributed by atoms with Gasteiger partial charge in [-0.3, -0.25) is 10.1 Å². The third kappa shape index (κ3) is 2.64. The van der Waals surface area contributed by atoms with Crippen LogP contribution in [0.2, 0.25) is 0 Å². The molecule has 0 radical (unpaired) electrons. The van der Waals surface area contributed by atoms with Crippen LogP contribution in [-0.2, 0) is 6.18 Å². The summed E-state index contributed by atoms with van der Waals surface area (Å²) in [6, 6.07) is 9.90. The predicted octanol–water partition coefficient (Wildman–Crippen LogP) is 5.44. The molecule has 0 amide bonds. The minimum atomic E-state index is -4.47. The van der Waals surface area contributed by atoms with Crippen molar-refractivity contribution in [3.8, 4) is 0 Å². The molecule has 1 heterocycles. The molecule has 26 heavy (non-hydrogen) atoms. The van der Waals surface area contributed by atoms with E-state index in [9.17, 15) is 23.3 Å². The number of rotatable bonds is 2. The van der Waals surface area contributed by atoms with Crippen LogP contribution in [0.15, 0.2) is 54.6 Å². The molecule has 3 unspecified atom stereocenters. The number of fused-ring (bicyclic) bond motifs is 3. The number of anilines is 1. The Kier molecular flexibility index (Phi) is 3.75. The number of nitro benzene ring substituents is 1. The SMILES string of the molecule is O=[N+]([O-])c1cccc(C2Nc3c(cccc3C(F)(F)F)C3C=CCC32)c1. The van der Waals surface area contributed by atoms with Gasteiger partial charge < -0.3 is 5.32 Å². The molecular formula is C19H15F3N2O2. The maximum Gasteiger partial charge on any atom is 0.418 e. The molecule has 3 atom stereocenters. The first kappa shape index (κ1) is 16.6. The fourth-order valence-corrected chi connectivity index (χ4v) is 4.02. The molecule has 2 aromatic rings. The second kappa shape index (κ2) is 5.86. The molecular weight excluding hydrogens is 345 g/mol. The zero-order valence-electron chi connectivity index (χ0n) is 13.5. The number of hydrogen-bond acceptors (Lipinski definition) is 3. The number of hydrogen-bond donors (Lipinski definition) is 1. The molecule has 1 N–H and O–H groups in total. The summed E-state index contributed by atoms with van der Waals surface area (Å²) in [7, 11) is 0. The van der Waals surface area contributed by atoms with Crippen LogP contribution >= 0.6 is 0 Å². The number of allylic oxidation sites excluding steroid dienone is 2. The molecule has 1 aliphatic carbocycles. The van der Waals surface area contributed by atoms with Crippen molar-refractivity contribution in [2.75, 3.05) is 5.32 Å². The van der Waals surface area contributed by atoms with Crippen LogP contribution in [0.25, 0.3) is 0 Å². The second-order valence-corrected chi connectivity index (χ2v) is 6.60. The fourth-order valence-electron chi connectivity index (χ4n) is 4.02. The highest BCUT2D eigenvalue weighted by Crippen LogP contribution is 2.52. The highest BCUT2D eigenvalue weighted by atomic mass is 19.4. The highest BCUT2D eigenvalue weighted by molar-refractivity contribution is 5.65. The molecule has 4 rings (SSSR count). The van der Waals surface area contributed by atoms with E-state index >= 15 is 0 Å². The molecule has 4 nitrogen and oxygen atoms in total. The average Bonchev–Trinajstić information content (AvgIpc) is 3.09. The molecule has 2 aromatic carbocycles. The van der Waals surface area contributed by atoms with Crippen molar-refractivity contribution in [1.82, 2.24) is 0 Å². The highest BCUT2D eigenvalue weighted by Gasteiger charge is 2.43. The lowest BCUT2D eigenvalue weighted by Gasteiger charge is -2.38. The summed E-state index contributed by atoms with van der Waals surface area (Å²) in [5, 5.41) is 14.1. The summed E-state index contributed by atoms with van der Waals surface area (Å²) >= 11 is 0. The number of benzene rings is 2. The van der Waals surface area contributed by atoms with E-state index in [1.165, 1.54) is 18.2 Å². The van der Waals surface area contributed by atoms with Crippen LogP contribution < -0.4 is 5.32 Å². The van der Waals surface area contributed by atoms with Crippen molar-refractivity contribution in [3.63, 3.8) is 0 Å². The number of para-hydroxylation sites is 1. The van der Waals surface area contributed by atoms with Gasteiger partial charge in [0.25, 0.3) is 5.69 Å². The van der Waals surface area contributed by atoms with Gasteiger partial charge in [0.15, 0.2) is 0 Å². The Morgan fingerprint density at radius 2 is 1.92 bits per heavy atom. The Hall–Kier alpha value is -2.83. The lowest BCUT2D eigenvalue weighted by Crippen LogP contribution is -2.30. The molecule has 7 heteroatoms. The Bertz CT molecular complexity index is 908. The average molecular weight is 360 g/mol. The number of nitro groups is 1. The van der Waals surface area contributed by atoms with Crippen LogP contribution in [0, 0.1) is 16.0 Å². The minimum absolute atomic E-state index is 0.0213. The third-order valence-corrected chi connectivity index (χ3v) is 5.14. The minimum Gasteiger partial charge on any atom is -0.377 e. The Morgan fingerprint density at radius 3 is 2.65 bits per heavy atom. The van der Waals surface area contributed by atoms with Crippen molar-refractivity contribution in [1.29, 1.82) is 0 Å². The number of nitrogens with zero attached hydrogens (tertiary/aromatic N) is 1. The first-order valence-corrected chi connectivity index (χ1v) is 8.24. The summed E-state index contributed by atoms with van der Waals surface area (Å²) < 4.78 is 40.4. The fraction of sp³-hybridized carbons (Fsp3) is 0.263. The summed E-state index contributed by atoms with van der Waals surface area (Å²) in [6.07, 6.45) is 0.146. The van der Waals surface area contributed by atoms with Gasteiger partial charge in [-0.1, -0.05) is 36.4 Å². The zero-order chi connectivity index (χ0) is 18.5. The van der Waals surface area contributed by atoms with E-state index in [1.807, 2.05) is 12.2 Å². The molecule has 0 bridgehead atoms. The van der Waals surface area contributed by atoms with Gasteiger partial charge in [0.05, 0.1) is 22.2 Å². The standard InChI is InChI=1S/C19H15F3N2O2/c20-19(21,22)16-9-3-8-15-13-6-2-7-14(13)17(23-18(15)16)11-4-1-5-12(10-11)24(25)26/h1-6,8-10,13-14,17,23H,7H2. The van der Waals surface area contributed by atoms with E-state index in [0.717, 1.165) is 6.07 Å². The predicted molar refractivity (Wildman–Crippen MR) is 90.9 cm³/mol. The molecule has 1 aliphatic heterocycles.